The van der Waals surface area contributed by atoms with Crippen LogP contribution in [0.25, 0.3) is 12.2 Å². The molecule has 92 valence electrons. The summed E-state index contributed by atoms with van der Waals surface area (Å²) in [5, 5.41) is 0. The van der Waals surface area contributed by atoms with Crippen molar-refractivity contribution in [3.63, 3.8) is 0 Å². The molecule has 0 unspecified atom stereocenters. The summed E-state index contributed by atoms with van der Waals surface area (Å²) in [5.74, 6) is -0.458. The first kappa shape index (κ1) is 12.3. The van der Waals surface area contributed by atoms with Crippen molar-refractivity contribution in [1.82, 2.24) is 4.98 Å². The van der Waals surface area contributed by atoms with Gasteiger partial charge in [0, 0.05) is 19.8 Å². The number of aromatic nitrogens is 1. The second kappa shape index (κ2) is 5.45. The summed E-state index contributed by atoms with van der Waals surface area (Å²) < 4.78 is 12.9. The molecule has 0 spiro atoms. The standard InChI is InChI=1S/C15H15FN2/c1-18(2)14-10-7-12(8-11-14)6-9-13-4-3-5-15(16)17-13/h3-11H,1-2H3/b9-6+/i16-1. The van der Waals surface area contributed by atoms with E-state index in [1.807, 2.05) is 49.3 Å². The summed E-state index contributed by atoms with van der Waals surface area (Å²) >= 11 is 0. The summed E-state index contributed by atoms with van der Waals surface area (Å²) in [6.45, 7) is 0. The molecule has 2 aromatic rings. The molecule has 0 atom stereocenters. The Hall–Kier alpha value is -2.16. The van der Waals surface area contributed by atoms with Crippen LogP contribution in [0.3, 0.4) is 0 Å². The van der Waals surface area contributed by atoms with Gasteiger partial charge >= 0.3 is 0 Å². The molecule has 0 fully saturated rings. The van der Waals surface area contributed by atoms with Crippen LogP contribution < -0.4 is 4.90 Å². The minimum atomic E-state index is -0.458. The van der Waals surface area contributed by atoms with Crippen LogP contribution in [0.5, 0.6) is 0 Å². The summed E-state index contributed by atoms with van der Waals surface area (Å²) in [6.07, 6.45) is 3.72. The normalized spacial score (nSPS) is 10.8. The van der Waals surface area contributed by atoms with Crippen LogP contribution in [0.2, 0.25) is 0 Å². The fourth-order valence-corrected chi connectivity index (χ4v) is 1.58. The van der Waals surface area contributed by atoms with Crippen LogP contribution in [-0.4, -0.2) is 19.1 Å². The monoisotopic (exact) mass is 241 g/mol. The van der Waals surface area contributed by atoms with E-state index < -0.39 is 5.95 Å². The Kier molecular flexibility index (Phi) is 3.72. The van der Waals surface area contributed by atoms with Crippen LogP contribution in [0, 0.1) is 5.95 Å². The van der Waals surface area contributed by atoms with Gasteiger partial charge in [0.2, 0.25) is 5.95 Å². The molecular formula is C15H15FN2. The molecule has 0 radical (unpaired) electrons. The van der Waals surface area contributed by atoms with E-state index in [1.165, 1.54) is 6.07 Å². The third kappa shape index (κ3) is 3.17. The van der Waals surface area contributed by atoms with E-state index in [0.29, 0.717) is 5.69 Å². The van der Waals surface area contributed by atoms with Crippen LogP contribution in [0.1, 0.15) is 11.3 Å². The van der Waals surface area contributed by atoms with Gasteiger partial charge in [-0.25, -0.2) is 4.98 Å². The van der Waals surface area contributed by atoms with Crippen LogP contribution in [-0.2, 0) is 0 Å². The van der Waals surface area contributed by atoms with Crippen molar-refractivity contribution in [3.8, 4) is 0 Å². The van der Waals surface area contributed by atoms with Gasteiger partial charge in [-0.2, -0.15) is 4.39 Å². The highest BCUT2D eigenvalue weighted by Gasteiger charge is 1.95. The van der Waals surface area contributed by atoms with E-state index in [-0.39, 0.29) is 0 Å². The molecule has 1 heterocycles. The van der Waals surface area contributed by atoms with Crippen molar-refractivity contribution >= 4 is 17.8 Å². The summed E-state index contributed by atoms with van der Waals surface area (Å²) in [6, 6.07) is 12.9. The zero-order valence-corrected chi connectivity index (χ0v) is 10.5. The lowest BCUT2D eigenvalue weighted by molar-refractivity contribution is 0.583. The molecule has 0 saturated carbocycles. The van der Waals surface area contributed by atoms with Crippen molar-refractivity contribution in [1.29, 1.82) is 0 Å². The number of hydrogen-bond acceptors (Lipinski definition) is 2. The number of rotatable bonds is 3. The first-order valence-corrected chi connectivity index (χ1v) is 5.73. The Bertz CT molecular complexity index is 545. The van der Waals surface area contributed by atoms with Crippen molar-refractivity contribution in [2.45, 2.75) is 0 Å². The Labute approximate surface area is 106 Å². The van der Waals surface area contributed by atoms with Crippen LogP contribution in [0.15, 0.2) is 42.5 Å². The third-order valence-corrected chi connectivity index (χ3v) is 2.59. The zero-order valence-electron chi connectivity index (χ0n) is 10.5. The van der Waals surface area contributed by atoms with E-state index in [4.69, 9.17) is 0 Å². The summed E-state index contributed by atoms with van der Waals surface area (Å²) in [7, 11) is 4.00. The topological polar surface area (TPSA) is 16.1 Å². The quantitative estimate of drug-likeness (QED) is 0.765. The average Bonchev–Trinajstić information content (AvgIpc) is 2.37. The van der Waals surface area contributed by atoms with Crippen molar-refractivity contribution in [2.75, 3.05) is 19.0 Å². The average molecular weight is 241 g/mol. The number of pyridine rings is 1. The van der Waals surface area contributed by atoms with Crippen molar-refractivity contribution in [2.24, 2.45) is 0 Å². The lowest BCUT2D eigenvalue weighted by Crippen LogP contribution is -2.07. The van der Waals surface area contributed by atoms with Crippen molar-refractivity contribution < 1.29 is 4.39 Å². The number of anilines is 1. The fourth-order valence-electron chi connectivity index (χ4n) is 1.58. The maximum absolute atomic E-state index is 12.9. The Morgan fingerprint density at radius 1 is 1.00 bits per heavy atom. The van der Waals surface area contributed by atoms with Gasteiger partial charge in [-0.05, 0) is 35.9 Å². The second-order valence-electron chi connectivity index (χ2n) is 4.20. The molecule has 0 amide bonds. The van der Waals surface area contributed by atoms with E-state index in [2.05, 4.69) is 4.98 Å². The van der Waals surface area contributed by atoms with Gasteiger partial charge < -0.3 is 4.90 Å². The fraction of sp³-hybridized carbons (Fsp3) is 0.133. The van der Waals surface area contributed by atoms with Gasteiger partial charge in [0.05, 0.1) is 5.69 Å². The second-order valence-corrected chi connectivity index (χ2v) is 4.20. The van der Waals surface area contributed by atoms with Gasteiger partial charge in [0.15, 0.2) is 0 Å². The molecule has 3 heteroatoms. The molecule has 1 aromatic heterocycles. The highest BCUT2D eigenvalue weighted by molar-refractivity contribution is 5.68. The molecule has 0 aliphatic heterocycles. The molecule has 0 bridgehead atoms. The van der Waals surface area contributed by atoms with Gasteiger partial charge in [-0.1, -0.05) is 24.3 Å². The maximum atomic E-state index is 12.9. The molecule has 0 saturated heterocycles. The number of halogens is 1. The number of hydrogen-bond donors (Lipinski definition) is 0. The highest BCUT2D eigenvalue weighted by Crippen LogP contribution is 2.14. The van der Waals surface area contributed by atoms with Gasteiger partial charge in [-0.15, -0.1) is 0 Å². The van der Waals surface area contributed by atoms with Crippen LogP contribution in [0.4, 0.5) is 10.1 Å². The lowest BCUT2D eigenvalue weighted by atomic mass is 10.1. The van der Waals surface area contributed by atoms with E-state index in [0.717, 1.165) is 11.3 Å². The largest absolute Gasteiger partial charge is 0.378 e. The molecule has 18 heavy (non-hydrogen) atoms. The van der Waals surface area contributed by atoms with Gasteiger partial charge in [0.25, 0.3) is 0 Å². The smallest absolute Gasteiger partial charge is 0.213 e. The first-order valence-electron chi connectivity index (χ1n) is 5.73. The van der Waals surface area contributed by atoms with E-state index >= 15 is 0 Å². The molecule has 2 nitrogen and oxygen atoms in total. The summed E-state index contributed by atoms with van der Waals surface area (Å²) in [4.78, 5) is 5.82. The number of benzene rings is 1. The lowest BCUT2D eigenvalue weighted by Gasteiger charge is -2.11. The molecule has 0 aliphatic carbocycles. The van der Waals surface area contributed by atoms with Gasteiger partial charge in [0.1, 0.15) is 0 Å². The highest BCUT2D eigenvalue weighted by atomic mass is 18.2. The van der Waals surface area contributed by atoms with E-state index in [9.17, 15) is 4.39 Å². The Balaban J connectivity index is 2.14. The molecule has 1 aromatic carbocycles. The first-order chi connectivity index (χ1) is 8.65. The minimum absolute atomic E-state index is 0.458. The Morgan fingerprint density at radius 2 is 1.72 bits per heavy atom. The predicted octanol–water partition coefficient (Wildman–Crippen LogP) is 3.46. The SMILES string of the molecule is CN(C)c1ccc(/C=C/c2cccc([18F])n2)cc1. The molecule has 0 N–H and O–H groups in total. The molecule has 0 aliphatic rings. The maximum Gasteiger partial charge on any atom is 0.213 e. The van der Waals surface area contributed by atoms with Gasteiger partial charge in [-0.3, -0.25) is 0 Å². The Morgan fingerprint density at radius 3 is 2.33 bits per heavy atom. The molecule has 2 rings (SSSR count). The third-order valence-electron chi connectivity index (χ3n) is 2.59. The predicted molar refractivity (Wildman–Crippen MR) is 73.9 cm³/mol. The molecular weight excluding hydrogens is 226 g/mol. The minimum Gasteiger partial charge on any atom is -0.378 e. The zero-order chi connectivity index (χ0) is 13.0. The number of nitrogens with zero attached hydrogens (tertiary/aromatic N) is 2. The van der Waals surface area contributed by atoms with E-state index in [1.54, 1.807) is 18.2 Å². The van der Waals surface area contributed by atoms with Crippen LogP contribution >= 0.6 is 0 Å². The van der Waals surface area contributed by atoms with Crippen molar-refractivity contribution in [3.05, 3.63) is 59.7 Å². The summed E-state index contributed by atoms with van der Waals surface area (Å²) in [5.41, 5.74) is 2.83.